The molecular weight excluding hydrogens is 286 g/mol. The number of hydrogen-bond donors (Lipinski definition) is 2. The molecule has 106 valence electrons. The Balaban J connectivity index is 1.95. The van der Waals surface area contributed by atoms with Gasteiger partial charge in [-0.3, -0.25) is 9.52 Å². The third-order valence-corrected chi connectivity index (χ3v) is 2.54. The van der Waals surface area contributed by atoms with Crippen molar-refractivity contribution in [3.8, 4) is 0 Å². The lowest BCUT2D eigenvalue weighted by Gasteiger charge is -2.03. The monoisotopic (exact) mass is 297 g/mol. The Bertz CT molecular complexity index is 697. The first-order chi connectivity index (χ1) is 9.42. The van der Waals surface area contributed by atoms with Crippen LogP contribution in [0.4, 0.5) is 11.5 Å². The summed E-state index contributed by atoms with van der Waals surface area (Å²) in [6.45, 7) is -0.166. The number of anilines is 2. The molecule has 2 heterocycles. The minimum Gasteiger partial charge on any atom is -0.322 e. The Kier molecular flexibility index (Phi) is 3.89. The normalized spacial score (nSPS) is 11.1. The fraction of sp³-hybridized carbons (Fsp3) is 0.222. The summed E-state index contributed by atoms with van der Waals surface area (Å²) in [7, 11) is -3.42. The molecule has 1 amide bonds. The lowest BCUT2D eigenvalue weighted by atomic mass is 10.5. The molecule has 2 N–H and O–H groups in total. The second-order valence-electron chi connectivity index (χ2n) is 3.81. The molecule has 0 aromatic carbocycles. The molecule has 0 aliphatic carbocycles. The largest absolute Gasteiger partial charge is 0.322 e. The number of rotatable bonds is 5. The van der Waals surface area contributed by atoms with Crippen molar-refractivity contribution < 1.29 is 13.2 Å². The maximum atomic E-state index is 11.7. The van der Waals surface area contributed by atoms with Crippen LogP contribution in [0.1, 0.15) is 0 Å². The van der Waals surface area contributed by atoms with Gasteiger partial charge in [-0.2, -0.15) is 9.90 Å². The zero-order valence-corrected chi connectivity index (χ0v) is 11.2. The fourth-order valence-corrected chi connectivity index (χ4v) is 1.78. The molecule has 20 heavy (non-hydrogen) atoms. The van der Waals surface area contributed by atoms with Gasteiger partial charge in [0.25, 0.3) is 0 Å². The highest BCUT2D eigenvalue weighted by Gasteiger charge is 2.09. The Morgan fingerprint density at radius 2 is 2.00 bits per heavy atom. The van der Waals surface area contributed by atoms with Gasteiger partial charge in [0.1, 0.15) is 12.9 Å². The third-order valence-electron chi connectivity index (χ3n) is 1.96. The zero-order chi connectivity index (χ0) is 14.6. The molecule has 2 aromatic rings. The first kappa shape index (κ1) is 13.9. The molecule has 0 saturated heterocycles. The van der Waals surface area contributed by atoms with Gasteiger partial charge in [0.15, 0.2) is 5.82 Å². The van der Waals surface area contributed by atoms with Gasteiger partial charge in [-0.05, 0) is 0 Å². The van der Waals surface area contributed by atoms with Crippen LogP contribution in [0.2, 0.25) is 0 Å². The second-order valence-corrected chi connectivity index (χ2v) is 5.56. The molecular formula is C9H11N7O3S. The molecule has 0 bridgehead atoms. The SMILES string of the molecule is CS(=O)(=O)Nc1cnn(CC(=O)Nc2cncnc2)n1. The van der Waals surface area contributed by atoms with Crippen molar-refractivity contribution in [1.82, 2.24) is 25.0 Å². The van der Waals surface area contributed by atoms with E-state index in [1.165, 1.54) is 24.9 Å². The van der Waals surface area contributed by atoms with E-state index in [-0.39, 0.29) is 18.3 Å². The number of nitrogens with one attached hydrogen (secondary N) is 2. The van der Waals surface area contributed by atoms with Crippen LogP contribution in [0.3, 0.4) is 0 Å². The second kappa shape index (κ2) is 5.61. The van der Waals surface area contributed by atoms with Crippen molar-refractivity contribution in [1.29, 1.82) is 0 Å². The Labute approximate surface area is 114 Å². The lowest BCUT2D eigenvalue weighted by molar-refractivity contribution is -0.117. The molecule has 0 radical (unpaired) electrons. The number of hydrogen-bond acceptors (Lipinski definition) is 7. The van der Waals surface area contributed by atoms with Crippen LogP contribution < -0.4 is 10.0 Å². The number of sulfonamides is 1. The van der Waals surface area contributed by atoms with Crippen molar-refractivity contribution >= 4 is 27.4 Å². The highest BCUT2D eigenvalue weighted by Crippen LogP contribution is 2.03. The summed E-state index contributed by atoms with van der Waals surface area (Å²) >= 11 is 0. The molecule has 2 aromatic heterocycles. The summed E-state index contributed by atoms with van der Waals surface area (Å²) in [6, 6.07) is 0. The van der Waals surface area contributed by atoms with Crippen molar-refractivity contribution in [2.45, 2.75) is 6.54 Å². The van der Waals surface area contributed by atoms with E-state index in [0.29, 0.717) is 5.69 Å². The van der Waals surface area contributed by atoms with Crippen LogP contribution in [0.5, 0.6) is 0 Å². The van der Waals surface area contributed by atoms with Crippen LogP contribution in [0.15, 0.2) is 24.9 Å². The van der Waals surface area contributed by atoms with Crippen LogP contribution >= 0.6 is 0 Å². The predicted octanol–water partition coefficient (Wildman–Crippen LogP) is -0.922. The Hall–Kier alpha value is -2.56. The molecule has 0 fully saturated rings. The quantitative estimate of drug-likeness (QED) is 0.729. The zero-order valence-electron chi connectivity index (χ0n) is 10.4. The van der Waals surface area contributed by atoms with Crippen LogP contribution in [0, 0.1) is 0 Å². The summed E-state index contributed by atoms with van der Waals surface area (Å²) in [6.07, 6.45) is 6.43. The van der Waals surface area contributed by atoms with Gasteiger partial charge in [0, 0.05) is 0 Å². The van der Waals surface area contributed by atoms with Gasteiger partial charge in [-0.25, -0.2) is 18.4 Å². The lowest BCUT2D eigenvalue weighted by Crippen LogP contribution is -2.20. The molecule has 0 aliphatic heterocycles. The van der Waals surface area contributed by atoms with Gasteiger partial charge >= 0.3 is 0 Å². The Morgan fingerprint density at radius 1 is 1.30 bits per heavy atom. The molecule has 0 atom stereocenters. The third kappa shape index (κ3) is 4.28. The van der Waals surface area contributed by atoms with Gasteiger partial charge in [0.05, 0.1) is 30.5 Å². The van der Waals surface area contributed by atoms with Crippen molar-refractivity contribution in [3.05, 3.63) is 24.9 Å². The summed E-state index contributed by atoms with van der Waals surface area (Å²) in [5, 5.41) is 10.1. The number of aromatic nitrogens is 5. The minimum atomic E-state index is -3.42. The number of carbonyl (C=O) groups is 1. The minimum absolute atomic E-state index is 0.0448. The Morgan fingerprint density at radius 3 is 2.65 bits per heavy atom. The molecule has 0 unspecified atom stereocenters. The molecule has 0 spiro atoms. The predicted molar refractivity (Wildman–Crippen MR) is 69.2 cm³/mol. The van der Waals surface area contributed by atoms with E-state index < -0.39 is 10.0 Å². The van der Waals surface area contributed by atoms with Crippen LogP contribution in [0.25, 0.3) is 0 Å². The summed E-state index contributed by atoms with van der Waals surface area (Å²) in [5.74, 6) is -0.343. The highest BCUT2D eigenvalue weighted by molar-refractivity contribution is 7.92. The highest BCUT2D eigenvalue weighted by atomic mass is 32.2. The van der Waals surface area contributed by atoms with E-state index in [1.54, 1.807) is 0 Å². The van der Waals surface area contributed by atoms with Gasteiger partial charge in [0.2, 0.25) is 15.9 Å². The molecule has 0 saturated carbocycles. The van der Waals surface area contributed by atoms with E-state index in [4.69, 9.17) is 0 Å². The van der Waals surface area contributed by atoms with Crippen LogP contribution in [-0.2, 0) is 21.4 Å². The number of carbonyl (C=O) groups excluding carboxylic acids is 1. The summed E-state index contributed by atoms with van der Waals surface area (Å²) in [4.78, 5) is 20.2. The average molecular weight is 297 g/mol. The summed E-state index contributed by atoms with van der Waals surface area (Å²) in [5.41, 5.74) is 0.444. The number of amides is 1. The van der Waals surface area contributed by atoms with Crippen molar-refractivity contribution in [2.75, 3.05) is 16.3 Å². The van der Waals surface area contributed by atoms with Crippen molar-refractivity contribution in [3.63, 3.8) is 0 Å². The summed E-state index contributed by atoms with van der Waals surface area (Å²) < 4.78 is 24.1. The molecule has 0 aliphatic rings. The average Bonchev–Trinajstić information content (AvgIpc) is 2.75. The van der Waals surface area contributed by atoms with E-state index in [1.807, 2.05) is 0 Å². The van der Waals surface area contributed by atoms with Crippen LogP contribution in [-0.4, -0.2) is 45.5 Å². The number of nitrogens with zero attached hydrogens (tertiary/aromatic N) is 5. The van der Waals surface area contributed by atoms with E-state index >= 15 is 0 Å². The van der Waals surface area contributed by atoms with E-state index in [9.17, 15) is 13.2 Å². The first-order valence-electron chi connectivity index (χ1n) is 5.35. The van der Waals surface area contributed by atoms with E-state index in [0.717, 1.165) is 11.1 Å². The first-order valence-corrected chi connectivity index (χ1v) is 7.24. The topological polar surface area (TPSA) is 132 Å². The molecule has 2 rings (SSSR count). The standard InChI is InChI=1S/C9H11N7O3S/c1-20(18,19)15-8-4-12-16(14-8)5-9(17)13-7-2-10-6-11-3-7/h2-4,6H,5H2,1H3,(H,13,17)(H,14,15). The fourth-order valence-electron chi connectivity index (χ4n) is 1.30. The van der Waals surface area contributed by atoms with Crippen molar-refractivity contribution in [2.24, 2.45) is 0 Å². The van der Waals surface area contributed by atoms with E-state index in [2.05, 4.69) is 30.2 Å². The molecule has 11 heteroatoms. The smallest absolute Gasteiger partial charge is 0.248 e. The molecule has 10 nitrogen and oxygen atoms in total. The maximum Gasteiger partial charge on any atom is 0.248 e. The van der Waals surface area contributed by atoms with Gasteiger partial charge in [-0.1, -0.05) is 0 Å². The van der Waals surface area contributed by atoms with Gasteiger partial charge < -0.3 is 5.32 Å². The maximum absolute atomic E-state index is 11.7. The van der Waals surface area contributed by atoms with Gasteiger partial charge in [-0.15, -0.1) is 5.10 Å².